The van der Waals surface area contributed by atoms with E-state index in [1.165, 1.54) is 16.9 Å². The maximum absolute atomic E-state index is 12.2. The van der Waals surface area contributed by atoms with Crippen molar-refractivity contribution >= 4 is 28.2 Å². The summed E-state index contributed by atoms with van der Waals surface area (Å²) in [7, 11) is 1.55. The van der Waals surface area contributed by atoms with E-state index in [1.807, 2.05) is 30.3 Å². The smallest absolute Gasteiger partial charge is 0.325 e. The number of hydrogen-bond acceptors (Lipinski definition) is 6. The van der Waals surface area contributed by atoms with E-state index in [-0.39, 0.29) is 11.4 Å². The lowest BCUT2D eigenvalue weighted by Crippen LogP contribution is -2.19. The van der Waals surface area contributed by atoms with Crippen molar-refractivity contribution in [2.24, 2.45) is 0 Å². The number of methoxy groups -OCH3 is 1. The van der Waals surface area contributed by atoms with Gasteiger partial charge in [-0.05, 0) is 29.2 Å². The molecule has 0 aliphatic carbocycles. The molecule has 8 heteroatoms. The molecular formula is C19H21N5O2S. The van der Waals surface area contributed by atoms with E-state index in [0.717, 1.165) is 5.56 Å². The van der Waals surface area contributed by atoms with Crippen molar-refractivity contribution in [1.82, 2.24) is 15.2 Å². The molecule has 140 valence electrons. The summed E-state index contributed by atoms with van der Waals surface area (Å²) in [4.78, 5) is 16.3. The van der Waals surface area contributed by atoms with Gasteiger partial charge in [-0.2, -0.15) is 0 Å². The molecule has 2 N–H and O–H groups in total. The first-order valence-electron chi connectivity index (χ1n) is 8.37. The fourth-order valence-corrected chi connectivity index (χ4v) is 3.09. The Morgan fingerprint density at radius 3 is 2.48 bits per heavy atom. The Balaban J connectivity index is 1.64. The molecular weight excluding hydrogens is 362 g/mol. The zero-order valence-electron chi connectivity index (χ0n) is 15.6. The Hall–Kier alpha value is -3.00. The Kier molecular flexibility index (Phi) is 5.36. The first-order chi connectivity index (χ1) is 12.8. The summed E-state index contributed by atoms with van der Waals surface area (Å²) >= 11 is 1.27. The van der Waals surface area contributed by atoms with Gasteiger partial charge in [-0.25, -0.2) is 9.78 Å². The third kappa shape index (κ3) is 4.79. The molecule has 0 spiro atoms. The molecule has 0 fully saturated rings. The Bertz CT molecular complexity index is 932. The molecule has 0 bridgehead atoms. The van der Waals surface area contributed by atoms with Crippen molar-refractivity contribution in [3.8, 4) is 16.5 Å². The number of urea groups is 1. The Morgan fingerprint density at radius 1 is 1.07 bits per heavy atom. The molecule has 1 aromatic carbocycles. The van der Waals surface area contributed by atoms with E-state index in [0.29, 0.717) is 21.7 Å². The molecule has 2 heterocycles. The molecule has 7 nitrogen and oxygen atoms in total. The molecule has 0 unspecified atom stereocenters. The van der Waals surface area contributed by atoms with Gasteiger partial charge in [0.15, 0.2) is 0 Å². The van der Waals surface area contributed by atoms with E-state index in [4.69, 9.17) is 4.74 Å². The second-order valence-corrected chi connectivity index (χ2v) is 7.88. The number of rotatable bonds is 4. The van der Waals surface area contributed by atoms with Crippen LogP contribution in [0.15, 0.2) is 42.6 Å². The van der Waals surface area contributed by atoms with Crippen molar-refractivity contribution < 1.29 is 9.53 Å². The van der Waals surface area contributed by atoms with Crippen LogP contribution in [-0.2, 0) is 5.41 Å². The molecule has 3 rings (SSSR count). The van der Waals surface area contributed by atoms with E-state index in [9.17, 15) is 4.79 Å². The van der Waals surface area contributed by atoms with Gasteiger partial charge in [0.25, 0.3) is 0 Å². The van der Waals surface area contributed by atoms with Gasteiger partial charge in [0.1, 0.15) is 5.01 Å². The summed E-state index contributed by atoms with van der Waals surface area (Å²) in [5.74, 6) is 0.494. The maximum Gasteiger partial charge on any atom is 0.325 e. The van der Waals surface area contributed by atoms with Crippen LogP contribution in [0, 0.1) is 0 Å². The molecule has 2 amide bonds. The Labute approximate surface area is 161 Å². The molecule has 27 heavy (non-hydrogen) atoms. The minimum atomic E-state index is -0.367. The van der Waals surface area contributed by atoms with Crippen LogP contribution in [0.25, 0.3) is 10.6 Å². The number of aromatic nitrogens is 3. The number of pyridine rings is 1. The topological polar surface area (TPSA) is 89.0 Å². The highest BCUT2D eigenvalue weighted by Crippen LogP contribution is 2.28. The average Bonchev–Trinajstić information content (AvgIpc) is 3.10. The average molecular weight is 383 g/mol. The third-order valence-corrected chi connectivity index (χ3v) is 4.73. The second-order valence-electron chi connectivity index (χ2n) is 6.91. The number of benzene rings is 1. The normalized spacial score (nSPS) is 11.1. The van der Waals surface area contributed by atoms with E-state index in [2.05, 4.69) is 46.6 Å². The van der Waals surface area contributed by atoms with Crippen LogP contribution in [-0.4, -0.2) is 28.3 Å². The summed E-state index contributed by atoms with van der Waals surface area (Å²) in [6.07, 6.45) is 1.64. The second kappa shape index (κ2) is 7.71. The lowest BCUT2D eigenvalue weighted by atomic mass is 9.87. The van der Waals surface area contributed by atoms with Crippen LogP contribution in [0.1, 0.15) is 26.3 Å². The number of amides is 2. The van der Waals surface area contributed by atoms with Crippen molar-refractivity contribution in [3.63, 3.8) is 0 Å². The highest BCUT2D eigenvalue weighted by atomic mass is 32.1. The number of hydrogen-bond donors (Lipinski definition) is 2. The highest BCUT2D eigenvalue weighted by Gasteiger charge is 2.14. The summed E-state index contributed by atoms with van der Waals surface area (Å²) < 4.78 is 5.11. The zero-order valence-corrected chi connectivity index (χ0v) is 16.4. The van der Waals surface area contributed by atoms with E-state index in [1.54, 1.807) is 19.4 Å². The van der Waals surface area contributed by atoms with Crippen molar-refractivity contribution in [3.05, 3.63) is 48.2 Å². The predicted molar refractivity (Wildman–Crippen MR) is 107 cm³/mol. The van der Waals surface area contributed by atoms with Gasteiger partial charge in [-0.15, -0.1) is 10.2 Å². The predicted octanol–water partition coefficient (Wildman–Crippen LogP) is 4.55. The first-order valence-corrected chi connectivity index (χ1v) is 9.19. The van der Waals surface area contributed by atoms with Crippen LogP contribution in [0.4, 0.5) is 15.6 Å². The van der Waals surface area contributed by atoms with Crippen LogP contribution >= 0.6 is 11.3 Å². The summed E-state index contributed by atoms with van der Waals surface area (Å²) in [5.41, 5.74) is 2.81. The van der Waals surface area contributed by atoms with E-state index >= 15 is 0 Å². The zero-order chi connectivity index (χ0) is 19.4. The van der Waals surface area contributed by atoms with Crippen LogP contribution in [0.2, 0.25) is 0 Å². The molecule has 0 saturated heterocycles. The minimum absolute atomic E-state index is 0.0688. The van der Waals surface area contributed by atoms with Crippen molar-refractivity contribution in [2.75, 3.05) is 17.7 Å². The third-order valence-electron chi connectivity index (χ3n) is 3.85. The van der Waals surface area contributed by atoms with Crippen molar-refractivity contribution in [1.29, 1.82) is 0 Å². The summed E-state index contributed by atoms with van der Waals surface area (Å²) in [6, 6.07) is 11.0. The van der Waals surface area contributed by atoms with Crippen molar-refractivity contribution in [2.45, 2.75) is 26.2 Å². The van der Waals surface area contributed by atoms with Crippen LogP contribution in [0.5, 0.6) is 5.88 Å². The van der Waals surface area contributed by atoms with Crippen LogP contribution in [0.3, 0.4) is 0 Å². The van der Waals surface area contributed by atoms with Gasteiger partial charge in [0.05, 0.1) is 7.11 Å². The molecule has 2 aromatic heterocycles. The fourth-order valence-electron chi connectivity index (χ4n) is 2.36. The lowest BCUT2D eigenvalue weighted by Gasteiger charge is -2.19. The maximum atomic E-state index is 12.2. The van der Waals surface area contributed by atoms with Crippen LogP contribution < -0.4 is 15.4 Å². The minimum Gasteiger partial charge on any atom is -0.481 e. The molecule has 0 aliphatic rings. The molecule has 0 radical (unpaired) electrons. The lowest BCUT2D eigenvalue weighted by molar-refractivity contribution is 0.262. The molecule has 0 aliphatic heterocycles. The number of nitrogens with one attached hydrogen (secondary N) is 2. The standard InChI is InChI=1S/C19H21N5O2S/c1-19(2,3)13-5-7-14(8-6-13)21-17(25)22-18-24-23-16(27-18)12-9-10-20-15(11-12)26-4/h5-11H,1-4H3,(H2,21,22,24,25). The first kappa shape index (κ1) is 18.8. The van der Waals surface area contributed by atoms with E-state index < -0.39 is 0 Å². The number of ether oxygens (including phenoxy) is 1. The van der Waals surface area contributed by atoms with Gasteiger partial charge in [-0.1, -0.05) is 44.2 Å². The number of carbonyl (C=O) groups excluding carboxylic acids is 1. The summed E-state index contributed by atoms with van der Waals surface area (Å²) in [6.45, 7) is 6.44. The molecule has 3 aromatic rings. The number of carbonyl (C=O) groups is 1. The van der Waals surface area contributed by atoms with Gasteiger partial charge in [0, 0.05) is 23.5 Å². The number of nitrogens with zero attached hydrogens (tertiary/aromatic N) is 3. The monoisotopic (exact) mass is 383 g/mol. The SMILES string of the molecule is COc1cc(-c2nnc(NC(=O)Nc3ccc(C(C)(C)C)cc3)s2)ccn1. The van der Waals surface area contributed by atoms with Gasteiger partial charge in [0.2, 0.25) is 11.0 Å². The quantitative estimate of drug-likeness (QED) is 0.690. The molecule has 0 saturated carbocycles. The largest absolute Gasteiger partial charge is 0.481 e. The fraction of sp³-hybridized carbons (Fsp3) is 0.263. The van der Waals surface area contributed by atoms with Gasteiger partial charge < -0.3 is 10.1 Å². The van der Waals surface area contributed by atoms with Gasteiger partial charge in [-0.3, -0.25) is 5.32 Å². The Morgan fingerprint density at radius 2 is 1.81 bits per heavy atom. The van der Waals surface area contributed by atoms with Gasteiger partial charge >= 0.3 is 6.03 Å². The molecule has 0 atom stereocenters. The number of anilines is 2. The highest BCUT2D eigenvalue weighted by molar-refractivity contribution is 7.18. The summed E-state index contributed by atoms with van der Waals surface area (Å²) in [5, 5.41) is 14.7.